The van der Waals surface area contributed by atoms with Crippen molar-refractivity contribution in [3.05, 3.63) is 71.4 Å². The number of benzene rings is 2. The van der Waals surface area contributed by atoms with Crippen LogP contribution in [0.25, 0.3) is 10.9 Å². The van der Waals surface area contributed by atoms with Crippen LogP contribution in [-0.2, 0) is 11.0 Å². The fourth-order valence-corrected chi connectivity index (χ4v) is 3.49. The highest BCUT2D eigenvalue weighted by Crippen LogP contribution is 2.40. The fourth-order valence-electron chi connectivity index (χ4n) is 3.49. The summed E-state index contributed by atoms with van der Waals surface area (Å²) < 4.78 is 41.1. The first kappa shape index (κ1) is 21.0. The quantitative estimate of drug-likeness (QED) is 0.532. The third kappa shape index (κ3) is 4.63. The van der Waals surface area contributed by atoms with Gasteiger partial charge in [0, 0.05) is 35.5 Å². The van der Waals surface area contributed by atoms with Crippen molar-refractivity contribution < 1.29 is 18.0 Å². The van der Waals surface area contributed by atoms with E-state index in [1.165, 1.54) is 12.1 Å². The van der Waals surface area contributed by atoms with Crippen molar-refractivity contribution in [2.75, 3.05) is 0 Å². The summed E-state index contributed by atoms with van der Waals surface area (Å²) in [7, 11) is 0. The lowest BCUT2D eigenvalue weighted by Crippen LogP contribution is -2.37. The van der Waals surface area contributed by atoms with Crippen LogP contribution in [0, 0.1) is 5.92 Å². The molecule has 1 amide bonds. The molecule has 3 aromatic rings. The van der Waals surface area contributed by atoms with Crippen LogP contribution >= 0.6 is 0 Å². The van der Waals surface area contributed by atoms with Gasteiger partial charge in [-0.25, -0.2) is 0 Å². The predicted octanol–water partition coefficient (Wildman–Crippen LogP) is 5.87. The molecule has 3 rings (SSSR count). The average Bonchev–Trinajstić information content (AvgIpc) is 3.09. The van der Waals surface area contributed by atoms with E-state index in [1.54, 1.807) is 12.3 Å². The molecular weight excluding hydrogens is 377 g/mol. The van der Waals surface area contributed by atoms with Gasteiger partial charge in [0.15, 0.2) is 0 Å². The molecule has 0 aliphatic carbocycles. The Bertz CT molecular complexity index is 991. The molecule has 2 N–H and O–H groups in total. The van der Waals surface area contributed by atoms with Crippen molar-refractivity contribution in [3.63, 3.8) is 0 Å². The maximum atomic E-state index is 13.7. The number of halogens is 3. The number of amides is 1. The number of aromatic nitrogens is 1. The number of rotatable bonds is 6. The molecule has 3 nitrogen and oxygen atoms in total. The largest absolute Gasteiger partial charge is 0.416 e. The van der Waals surface area contributed by atoms with E-state index >= 15 is 0 Å². The minimum atomic E-state index is -4.50. The summed E-state index contributed by atoms with van der Waals surface area (Å²) in [6.07, 6.45) is -2.85. The fraction of sp³-hybridized carbons (Fsp3) is 0.348. The number of fused-ring (bicyclic) bond motifs is 1. The second-order valence-corrected chi connectivity index (χ2v) is 7.73. The highest BCUT2D eigenvalue weighted by molar-refractivity contribution is 5.86. The van der Waals surface area contributed by atoms with Gasteiger partial charge in [-0.2, -0.15) is 13.2 Å². The zero-order chi connectivity index (χ0) is 21.2. The lowest BCUT2D eigenvalue weighted by Gasteiger charge is -2.23. The van der Waals surface area contributed by atoms with E-state index in [0.29, 0.717) is 5.56 Å². The lowest BCUT2D eigenvalue weighted by molar-refractivity contribution is -0.138. The zero-order valence-electron chi connectivity index (χ0n) is 16.7. The number of carbonyl (C=O) groups is 1. The van der Waals surface area contributed by atoms with E-state index in [-0.39, 0.29) is 29.9 Å². The van der Waals surface area contributed by atoms with Crippen LogP contribution in [0.2, 0.25) is 0 Å². The van der Waals surface area contributed by atoms with Crippen LogP contribution in [0.15, 0.2) is 54.7 Å². The first-order valence-corrected chi connectivity index (χ1v) is 9.70. The topological polar surface area (TPSA) is 44.9 Å². The summed E-state index contributed by atoms with van der Waals surface area (Å²) in [5.41, 5.74) is 0.912. The number of para-hydroxylation sites is 1. The molecule has 0 radical (unpaired) electrons. The summed E-state index contributed by atoms with van der Waals surface area (Å²) in [5, 5.41) is 3.74. The minimum Gasteiger partial charge on any atom is -0.361 e. The number of alkyl halides is 3. The standard InChI is InChI=1S/C23H25F3N2O/c1-14(2)15(3)28-22(29)12-18(16-8-4-6-10-20(16)23(24,25)26)19-13-27-21-11-7-5-9-17(19)21/h4-11,13-15,18,27H,12H2,1-3H3,(H,28,29). The Labute approximate surface area is 168 Å². The van der Waals surface area contributed by atoms with Crippen LogP contribution in [-0.4, -0.2) is 16.9 Å². The maximum Gasteiger partial charge on any atom is 0.416 e. The molecule has 0 saturated heterocycles. The number of aromatic amines is 1. The second-order valence-electron chi connectivity index (χ2n) is 7.73. The van der Waals surface area contributed by atoms with E-state index < -0.39 is 17.7 Å². The van der Waals surface area contributed by atoms with Gasteiger partial charge in [-0.05, 0) is 36.1 Å². The van der Waals surface area contributed by atoms with Crippen molar-refractivity contribution in [1.82, 2.24) is 10.3 Å². The molecule has 29 heavy (non-hydrogen) atoms. The first-order valence-electron chi connectivity index (χ1n) is 9.70. The van der Waals surface area contributed by atoms with Gasteiger partial charge >= 0.3 is 6.18 Å². The van der Waals surface area contributed by atoms with Gasteiger partial charge in [-0.1, -0.05) is 50.2 Å². The maximum absolute atomic E-state index is 13.7. The van der Waals surface area contributed by atoms with Crippen molar-refractivity contribution in [2.45, 2.75) is 45.3 Å². The average molecular weight is 402 g/mol. The first-order chi connectivity index (χ1) is 13.7. The molecule has 1 aromatic heterocycles. The third-order valence-corrected chi connectivity index (χ3v) is 5.42. The molecule has 2 unspecified atom stereocenters. The highest BCUT2D eigenvalue weighted by atomic mass is 19.4. The Balaban J connectivity index is 2.07. The molecule has 0 fully saturated rings. The zero-order valence-corrected chi connectivity index (χ0v) is 16.7. The molecule has 0 aliphatic heterocycles. The van der Waals surface area contributed by atoms with Gasteiger partial charge in [0.2, 0.25) is 5.91 Å². The summed E-state index contributed by atoms with van der Waals surface area (Å²) in [5.74, 6) is -0.755. The van der Waals surface area contributed by atoms with E-state index in [4.69, 9.17) is 0 Å². The molecule has 154 valence electrons. The monoisotopic (exact) mass is 402 g/mol. The van der Waals surface area contributed by atoms with Crippen LogP contribution in [0.4, 0.5) is 13.2 Å². The summed E-state index contributed by atoms with van der Waals surface area (Å²) >= 11 is 0. The Morgan fingerprint density at radius 2 is 1.66 bits per heavy atom. The summed E-state index contributed by atoms with van der Waals surface area (Å²) in [6.45, 7) is 5.87. The minimum absolute atomic E-state index is 0.0635. The molecule has 1 heterocycles. The number of carbonyl (C=O) groups excluding carboxylic acids is 1. The number of hydrogen-bond donors (Lipinski definition) is 2. The third-order valence-electron chi connectivity index (χ3n) is 5.42. The van der Waals surface area contributed by atoms with E-state index in [2.05, 4.69) is 10.3 Å². The van der Waals surface area contributed by atoms with Gasteiger partial charge < -0.3 is 10.3 Å². The van der Waals surface area contributed by atoms with Gasteiger partial charge in [-0.15, -0.1) is 0 Å². The smallest absolute Gasteiger partial charge is 0.361 e. The molecule has 0 saturated carbocycles. The molecular formula is C23H25F3N2O. The van der Waals surface area contributed by atoms with Gasteiger partial charge in [0.1, 0.15) is 0 Å². The number of H-pyrrole nitrogens is 1. The van der Waals surface area contributed by atoms with Crippen molar-refractivity contribution in [3.8, 4) is 0 Å². The normalized spacial score (nSPS) is 14.2. The summed E-state index contributed by atoms with van der Waals surface area (Å²) in [4.78, 5) is 15.8. The summed E-state index contributed by atoms with van der Waals surface area (Å²) in [6, 6.07) is 12.9. The Hall–Kier alpha value is -2.76. The van der Waals surface area contributed by atoms with Crippen molar-refractivity contribution in [1.29, 1.82) is 0 Å². The molecule has 2 aromatic carbocycles. The lowest BCUT2D eigenvalue weighted by atomic mass is 9.85. The molecule has 0 bridgehead atoms. The van der Waals surface area contributed by atoms with Gasteiger partial charge in [-0.3, -0.25) is 4.79 Å². The van der Waals surface area contributed by atoms with Gasteiger partial charge in [0.05, 0.1) is 5.56 Å². The number of hydrogen-bond acceptors (Lipinski definition) is 1. The molecule has 2 atom stereocenters. The SMILES string of the molecule is CC(C)C(C)NC(=O)CC(c1ccccc1C(F)(F)F)c1c[nH]c2ccccc12. The number of nitrogens with one attached hydrogen (secondary N) is 2. The Morgan fingerprint density at radius 3 is 2.34 bits per heavy atom. The van der Waals surface area contributed by atoms with Crippen LogP contribution in [0.1, 0.15) is 49.8 Å². The van der Waals surface area contributed by atoms with Crippen LogP contribution in [0.5, 0.6) is 0 Å². The van der Waals surface area contributed by atoms with Crippen molar-refractivity contribution >= 4 is 16.8 Å². The Kier molecular flexibility index (Phi) is 6.01. The van der Waals surface area contributed by atoms with Crippen LogP contribution < -0.4 is 5.32 Å². The van der Waals surface area contributed by atoms with E-state index in [0.717, 1.165) is 17.0 Å². The van der Waals surface area contributed by atoms with E-state index in [9.17, 15) is 18.0 Å². The molecule has 0 aliphatic rings. The predicted molar refractivity (Wildman–Crippen MR) is 109 cm³/mol. The molecule has 0 spiro atoms. The highest BCUT2D eigenvalue weighted by Gasteiger charge is 2.36. The molecule has 6 heteroatoms. The van der Waals surface area contributed by atoms with Crippen molar-refractivity contribution in [2.24, 2.45) is 5.92 Å². The Morgan fingerprint density at radius 1 is 1.00 bits per heavy atom. The van der Waals surface area contributed by atoms with Crippen LogP contribution in [0.3, 0.4) is 0 Å². The second kappa shape index (κ2) is 8.31. The van der Waals surface area contributed by atoms with Gasteiger partial charge in [0.25, 0.3) is 0 Å². The van der Waals surface area contributed by atoms with E-state index in [1.807, 2.05) is 45.0 Å².